The third kappa shape index (κ3) is 5.07. The lowest BCUT2D eigenvalue weighted by Gasteiger charge is -2.35. The molecule has 2 aliphatic rings. The van der Waals surface area contributed by atoms with E-state index in [2.05, 4.69) is 36.9 Å². The van der Waals surface area contributed by atoms with Crippen molar-refractivity contribution < 1.29 is 4.65 Å². The molecule has 1 aromatic rings. The number of rotatable bonds is 6. The van der Waals surface area contributed by atoms with Crippen LogP contribution in [0.25, 0.3) is 0 Å². The maximum absolute atomic E-state index is 6.50. The van der Waals surface area contributed by atoms with Crippen LogP contribution in [0.5, 0.6) is 0 Å². The van der Waals surface area contributed by atoms with E-state index in [0.29, 0.717) is 6.92 Å². The molecule has 2 saturated carbocycles. The zero-order valence-electron chi connectivity index (χ0n) is 14.2. The molecule has 0 atom stereocenters. The molecule has 0 heterocycles. The Labute approximate surface area is 146 Å². The Morgan fingerprint density at radius 3 is 1.91 bits per heavy atom. The topological polar surface area (TPSA) is 9.23 Å². The Bertz CT molecular complexity index is 460. The molecule has 0 saturated heterocycles. The minimum absolute atomic E-state index is 0.402. The first kappa shape index (κ1) is 17.0. The summed E-state index contributed by atoms with van der Waals surface area (Å²) in [7, 11) is 0. The van der Waals surface area contributed by atoms with Crippen LogP contribution in [0.3, 0.4) is 0 Å². The van der Waals surface area contributed by atoms with Gasteiger partial charge in [0.25, 0.3) is 0 Å². The van der Waals surface area contributed by atoms with Crippen molar-refractivity contribution in [2.75, 3.05) is 0 Å². The number of thioether (sulfide) groups is 1. The van der Waals surface area contributed by atoms with Crippen LogP contribution in [0.15, 0.2) is 46.9 Å². The summed E-state index contributed by atoms with van der Waals surface area (Å²) in [5, 5.41) is 0.886. The molecule has 2 aliphatic carbocycles. The van der Waals surface area contributed by atoms with Gasteiger partial charge in [0, 0.05) is 4.90 Å². The lowest BCUT2D eigenvalue weighted by Crippen LogP contribution is -2.32. The highest BCUT2D eigenvalue weighted by Gasteiger charge is 2.38. The Morgan fingerprint density at radius 2 is 1.39 bits per heavy atom. The Morgan fingerprint density at radius 1 is 0.870 bits per heavy atom. The van der Waals surface area contributed by atoms with Crippen LogP contribution in [0, 0.1) is 0 Å². The quantitative estimate of drug-likeness (QED) is 0.318. The summed E-state index contributed by atoms with van der Waals surface area (Å²) in [4.78, 5) is 1.23. The molecule has 0 radical (unpaired) electrons. The second-order valence-corrected chi connectivity index (χ2v) is 8.30. The van der Waals surface area contributed by atoms with Crippen LogP contribution in [-0.4, -0.2) is 6.92 Å². The van der Waals surface area contributed by atoms with Crippen molar-refractivity contribution >= 4 is 18.7 Å². The summed E-state index contributed by atoms with van der Waals surface area (Å²) in [5.41, 5.74) is 0. The summed E-state index contributed by atoms with van der Waals surface area (Å²) < 4.78 is 6.50. The molecule has 1 aromatic carbocycles. The van der Waals surface area contributed by atoms with Gasteiger partial charge in [-0.25, -0.2) is 0 Å². The van der Waals surface area contributed by atoms with Crippen LogP contribution in [0.1, 0.15) is 64.2 Å². The molecule has 3 rings (SSSR count). The third-order valence-corrected chi connectivity index (χ3v) is 6.30. The van der Waals surface area contributed by atoms with Crippen LogP contribution >= 0.6 is 11.8 Å². The highest BCUT2D eigenvalue weighted by molar-refractivity contribution is 8.02. The average Bonchev–Trinajstić information content (AvgIpc) is 2.62. The van der Waals surface area contributed by atoms with Crippen LogP contribution in [0.4, 0.5) is 0 Å². The Hall–Kier alpha value is -0.825. The molecule has 0 N–H and O–H groups in total. The molecule has 0 spiro atoms. The molecule has 1 nitrogen and oxygen atoms in total. The predicted molar refractivity (Wildman–Crippen MR) is 102 cm³/mol. The van der Waals surface area contributed by atoms with E-state index in [1.54, 1.807) is 11.8 Å². The lowest BCUT2D eigenvalue weighted by molar-refractivity contribution is 0.374. The van der Waals surface area contributed by atoms with Gasteiger partial charge < -0.3 is 4.65 Å². The average molecular weight is 328 g/mol. The summed E-state index contributed by atoms with van der Waals surface area (Å²) in [6, 6.07) is 10.5. The van der Waals surface area contributed by atoms with Gasteiger partial charge in [0.2, 0.25) is 0 Å². The predicted octanol–water partition coefficient (Wildman–Crippen LogP) is 6.93. The SMILES string of the molecule is C=C(OB(C1CCCCC1)C1CCCCC1)Sc1ccccc1. The van der Waals surface area contributed by atoms with E-state index in [1.807, 2.05) is 0 Å². The zero-order chi connectivity index (χ0) is 15.9. The van der Waals surface area contributed by atoms with Gasteiger partial charge in [0.15, 0.2) is 0 Å². The van der Waals surface area contributed by atoms with Crippen molar-refractivity contribution in [3.05, 3.63) is 42.0 Å². The molecule has 2 fully saturated rings. The van der Waals surface area contributed by atoms with Crippen LogP contribution in [0.2, 0.25) is 11.6 Å². The number of hydrogen-bond acceptors (Lipinski definition) is 2. The second-order valence-electron chi connectivity index (χ2n) is 7.17. The number of benzene rings is 1. The van der Waals surface area contributed by atoms with Gasteiger partial charge in [-0.3, -0.25) is 0 Å². The van der Waals surface area contributed by atoms with Crippen LogP contribution in [-0.2, 0) is 4.65 Å². The van der Waals surface area contributed by atoms with E-state index in [-0.39, 0.29) is 0 Å². The molecule has 0 aliphatic heterocycles. The summed E-state index contributed by atoms with van der Waals surface area (Å²) in [5.74, 6) is 1.50. The monoisotopic (exact) mass is 328 g/mol. The first-order valence-corrected chi connectivity index (χ1v) is 10.2. The minimum Gasteiger partial charge on any atom is -0.556 e. The van der Waals surface area contributed by atoms with E-state index >= 15 is 0 Å². The number of hydrogen-bond donors (Lipinski definition) is 0. The van der Waals surface area contributed by atoms with Gasteiger partial charge in [-0.1, -0.05) is 101 Å². The van der Waals surface area contributed by atoms with Gasteiger partial charge in [-0.2, -0.15) is 0 Å². The van der Waals surface area contributed by atoms with E-state index in [9.17, 15) is 0 Å². The van der Waals surface area contributed by atoms with Crippen LogP contribution < -0.4 is 0 Å². The smallest absolute Gasteiger partial charge is 0.364 e. The molecule has 124 valence electrons. The minimum atomic E-state index is 0.402. The molecule has 0 bridgehead atoms. The molecule has 0 aromatic heterocycles. The first-order valence-electron chi connectivity index (χ1n) is 9.41. The van der Waals surface area contributed by atoms with E-state index in [4.69, 9.17) is 4.65 Å². The van der Waals surface area contributed by atoms with Crippen molar-refractivity contribution in [2.45, 2.75) is 80.7 Å². The third-order valence-electron chi connectivity index (χ3n) is 5.47. The molecular weight excluding hydrogens is 299 g/mol. The van der Waals surface area contributed by atoms with Gasteiger partial charge in [0.1, 0.15) is 5.09 Å². The normalized spacial score (nSPS) is 20.2. The van der Waals surface area contributed by atoms with Crippen molar-refractivity contribution in [2.24, 2.45) is 0 Å². The van der Waals surface area contributed by atoms with Crippen molar-refractivity contribution in [1.82, 2.24) is 0 Å². The Kier molecular flexibility index (Phi) is 6.56. The fourth-order valence-electron chi connectivity index (χ4n) is 4.30. The highest BCUT2D eigenvalue weighted by atomic mass is 32.2. The summed E-state index contributed by atoms with van der Waals surface area (Å²) >= 11 is 1.68. The lowest BCUT2D eigenvalue weighted by atomic mass is 9.42. The van der Waals surface area contributed by atoms with E-state index < -0.39 is 0 Å². The largest absolute Gasteiger partial charge is 0.556 e. The molecule has 3 heteroatoms. The molecule has 0 unspecified atom stereocenters. The molecular formula is C20H29BOS. The van der Waals surface area contributed by atoms with Crippen molar-refractivity contribution in [3.63, 3.8) is 0 Å². The standard InChI is InChI=1S/C20H29BOS/c1-17(23-20-15-9-4-10-16-20)22-21(18-11-5-2-6-12-18)19-13-7-3-8-14-19/h4,9-10,15-16,18-19H,1-3,5-8,11-14H2. The Balaban J connectivity index is 1.63. The van der Waals surface area contributed by atoms with Gasteiger partial charge in [-0.05, 0) is 23.8 Å². The fourth-order valence-corrected chi connectivity index (χ4v) is 5.01. The molecule has 23 heavy (non-hydrogen) atoms. The van der Waals surface area contributed by atoms with Crippen molar-refractivity contribution in [3.8, 4) is 0 Å². The highest BCUT2D eigenvalue weighted by Crippen LogP contribution is 2.43. The summed E-state index contributed by atoms with van der Waals surface area (Å²) in [6.07, 6.45) is 13.8. The van der Waals surface area contributed by atoms with E-state index in [0.717, 1.165) is 16.7 Å². The zero-order valence-corrected chi connectivity index (χ0v) is 15.0. The van der Waals surface area contributed by atoms with Crippen molar-refractivity contribution in [1.29, 1.82) is 0 Å². The summed E-state index contributed by atoms with van der Waals surface area (Å²) in [6.45, 7) is 4.62. The first-order chi connectivity index (χ1) is 11.3. The second kappa shape index (κ2) is 8.87. The maximum atomic E-state index is 6.50. The molecule has 0 amide bonds. The maximum Gasteiger partial charge on any atom is 0.364 e. The van der Waals surface area contributed by atoms with Gasteiger partial charge >= 0.3 is 6.92 Å². The van der Waals surface area contributed by atoms with E-state index in [1.165, 1.54) is 69.1 Å². The fraction of sp³-hybridized carbons (Fsp3) is 0.600. The van der Waals surface area contributed by atoms with Gasteiger partial charge in [-0.15, -0.1) is 0 Å². The van der Waals surface area contributed by atoms with Gasteiger partial charge in [0.05, 0.1) is 0 Å².